The number of hydrogen-bond acceptors (Lipinski definition) is 4. The SMILES string of the molecule is COCC1=CC(=O)NC2=CC(=NC(=O)c3cc(C)cs3)C=CC12. The lowest BCUT2D eigenvalue weighted by atomic mass is 9.88. The van der Waals surface area contributed by atoms with Crippen molar-refractivity contribution >= 4 is 28.9 Å². The second kappa shape index (κ2) is 6.44. The lowest BCUT2D eigenvalue weighted by Gasteiger charge is -2.27. The van der Waals surface area contributed by atoms with Crippen LogP contribution in [0.4, 0.5) is 0 Å². The van der Waals surface area contributed by atoms with Crippen molar-refractivity contribution in [2.24, 2.45) is 10.9 Å². The zero-order valence-electron chi connectivity index (χ0n) is 12.8. The van der Waals surface area contributed by atoms with E-state index in [9.17, 15) is 9.59 Å². The number of carbonyl (C=O) groups excluding carboxylic acids is 2. The van der Waals surface area contributed by atoms with Crippen LogP contribution in [0.25, 0.3) is 0 Å². The van der Waals surface area contributed by atoms with Gasteiger partial charge in [0.25, 0.3) is 5.91 Å². The van der Waals surface area contributed by atoms with Crippen molar-refractivity contribution in [1.29, 1.82) is 0 Å². The van der Waals surface area contributed by atoms with Crippen molar-refractivity contribution in [3.8, 4) is 0 Å². The van der Waals surface area contributed by atoms with Crippen molar-refractivity contribution in [3.05, 3.63) is 57.5 Å². The Labute approximate surface area is 138 Å². The van der Waals surface area contributed by atoms with E-state index in [1.54, 1.807) is 25.3 Å². The Morgan fingerprint density at radius 3 is 2.96 bits per heavy atom. The monoisotopic (exact) mass is 328 g/mol. The molecule has 2 heterocycles. The number of thiophene rings is 1. The molecule has 1 aliphatic heterocycles. The van der Waals surface area contributed by atoms with Crippen LogP contribution in [0, 0.1) is 12.8 Å². The molecule has 3 rings (SSSR count). The summed E-state index contributed by atoms with van der Waals surface area (Å²) in [4.78, 5) is 28.6. The lowest BCUT2D eigenvalue weighted by molar-refractivity contribution is -0.116. The minimum atomic E-state index is -0.271. The predicted molar refractivity (Wildman–Crippen MR) is 89.6 cm³/mol. The summed E-state index contributed by atoms with van der Waals surface area (Å²) in [6.07, 6.45) is 7.01. The Morgan fingerprint density at radius 1 is 1.43 bits per heavy atom. The average molecular weight is 328 g/mol. The van der Waals surface area contributed by atoms with Crippen LogP contribution in [0.2, 0.25) is 0 Å². The number of carbonyl (C=O) groups is 2. The fourth-order valence-electron chi connectivity index (χ4n) is 2.55. The Bertz CT molecular complexity index is 784. The molecule has 23 heavy (non-hydrogen) atoms. The number of amides is 2. The summed E-state index contributed by atoms with van der Waals surface area (Å²) >= 11 is 1.38. The van der Waals surface area contributed by atoms with Crippen LogP contribution in [-0.2, 0) is 9.53 Å². The Morgan fingerprint density at radius 2 is 2.26 bits per heavy atom. The van der Waals surface area contributed by atoms with Gasteiger partial charge in [0.1, 0.15) is 0 Å². The van der Waals surface area contributed by atoms with E-state index in [0.717, 1.165) is 16.8 Å². The molecule has 0 spiro atoms. The van der Waals surface area contributed by atoms with Crippen molar-refractivity contribution in [1.82, 2.24) is 5.32 Å². The summed E-state index contributed by atoms with van der Waals surface area (Å²) in [7, 11) is 1.60. The minimum Gasteiger partial charge on any atom is -0.380 e. The van der Waals surface area contributed by atoms with E-state index in [2.05, 4.69) is 10.3 Å². The molecule has 0 saturated heterocycles. The maximum absolute atomic E-state index is 12.2. The van der Waals surface area contributed by atoms with E-state index in [-0.39, 0.29) is 17.7 Å². The molecule has 0 bridgehead atoms. The van der Waals surface area contributed by atoms with Gasteiger partial charge in [0.2, 0.25) is 5.91 Å². The molecule has 1 aromatic rings. The van der Waals surface area contributed by atoms with Gasteiger partial charge in [-0.15, -0.1) is 11.3 Å². The van der Waals surface area contributed by atoms with Gasteiger partial charge in [-0.05, 0) is 41.7 Å². The van der Waals surface area contributed by atoms with E-state index < -0.39 is 0 Å². The van der Waals surface area contributed by atoms with Crippen LogP contribution in [0.3, 0.4) is 0 Å². The fraction of sp³-hybridized carbons (Fsp3) is 0.235. The largest absolute Gasteiger partial charge is 0.380 e. The summed E-state index contributed by atoms with van der Waals surface area (Å²) in [5.41, 5.74) is 3.19. The first kappa shape index (κ1) is 15.6. The summed E-state index contributed by atoms with van der Waals surface area (Å²) < 4.78 is 5.14. The molecule has 1 aromatic heterocycles. The predicted octanol–water partition coefficient (Wildman–Crippen LogP) is 2.41. The van der Waals surface area contributed by atoms with Gasteiger partial charge in [0.05, 0.1) is 17.2 Å². The van der Waals surface area contributed by atoms with Crippen molar-refractivity contribution in [3.63, 3.8) is 0 Å². The maximum atomic E-state index is 12.2. The molecule has 1 aliphatic carbocycles. The number of fused-ring (bicyclic) bond motifs is 1. The number of ether oxygens (including phenoxy) is 1. The third kappa shape index (κ3) is 3.38. The van der Waals surface area contributed by atoms with Crippen LogP contribution < -0.4 is 5.32 Å². The van der Waals surface area contributed by atoms with E-state index in [1.807, 2.05) is 24.4 Å². The Balaban J connectivity index is 1.85. The highest BCUT2D eigenvalue weighted by Gasteiger charge is 2.26. The summed E-state index contributed by atoms with van der Waals surface area (Å²) in [6, 6.07) is 1.82. The molecule has 2 amide bonds. The quantitative estimate of drug-likeness (QED) is 0.926. The van der Waals surface area contributed by atoms with E-state index in [1.165, 1.54) is 11.3 Å². The standard InChI is InChI=1S/C17H16N2O3S/c1-10-5-15(23-9-10)17(21)18-12-3-4-13-11(8-22-2)6-16(20)19-14(13)7-12/h3-7,9,13H,8H2,1-2H3,(H,19,20). The molecule has 2 aliphatic rings. The molecule has 5 nitrogen and oxygen atoms in total. The topological polar surface area (TPSA) is 67.8 Å². The number of methoxy groups -OCH3 is 1. The Hall–Kier alpha value is -2.31. The van der Waals surface area contributed by atoms with Gasteiger partial charge in [-0.1, -0.05) is 6.08 Å². The molecule has 1 N–H and O–H groups in total. The Kier molecular flexibility index (Phi) is 4.36. The highest BCUT2D eigenvalue weighted by atomic mass is 32.1. The maximum Gasteiger partial charge on any atom is 0.287 e. The first-order valence-corrected chi connectivity index (χ1v) is 8.03. The number of aryl methyl sites for hydroxylation is 1. The number of aliphatic imine (C=N–C) groups is 1. The molecule has 118 valence electrons. The summed E-state index contributed by atoms with van der Waals surface area (Å²) in [6.45, 7) is 2.33. The molecule has 1 unspecified atom stereocenters. The molecule has 0 radical (unpaired) electrons. The highest BCUT2D eigenvalue weighted by molar-refractivity contribution is 7.12. The zero-order chi connectivity index (χ0) is 16.4. The molecule has 1 atom stereocenters. The van der Waals surface area contributed by atoms with Crippen LogP contribution in [0.15, 0.2) is 52.0 Å². The van der Waals surface area contributed by atoms with Crippen LogP contribution in [0.1, 0.15) is 15.2 Å². The third-order valence-corrected chi connectivity index (χ3v) is 4.60. The molecular weight excluding hydrogens is 312 g/mol. The number of nitrogens with zero attached hydrogens (tertiary/aromatic N) is 1. The van der Waals surface area contributed by atoms with Gasteiger partial charge >= 0.3 is 0 Å². The summed E-state index contributed by atoms with van der Waals surface area (Å²) in [5.74, 6) is -0.493. The second-order valence-electron chi connectivity index (χ2n) is 5.41. The highest BCUT2D eigenvalue weighted by Crippen LogP contribution is 2.27. The second-order valence-corrected chi connectivity index (χ2v) is 6.32. The number of hydrogen-bond donors (Lipinski definition) is 1. The van der Waals surface area contributed by atoms with E-state index in [0.29, 0.717) is 17.2 Å². The molecule has 0 saturated carbocycles. The molecule has 0 fully saturated rings. The minimum absolute atomic E-state index is 0.0364. The number of allylic oxidation sites excluding steroid dienone is 3. The van der Waals surface area contributed by atoms with Crippen molar-refractivity contribution < 1.29 is 14.3 Å². The third-order valence-electron chi connectivity index (χ3n) is 3.56. The van der Waals surface area contributed by atoms with Gasteiger partial charge in [-0.3, -0.25) is 9.59 Å². The average Bonchev–Trinajstić information content (AvgIpc) is 2.94. The van der Waals surface area contributed by atoms with Crippen molar-refractivity contribution in [2.45, 2.75) is 6.92 Å². The smallest absolute Gasteiger partial charge is 0.287 e. The zero-order valence-corrected chi connectivity index (χ0v) is 13.6. The molecule has 6 heteroatoms. The van der Waals surface area contributed by atoms with E-state index in [4.69, 9.17) is 4.74 Å². The number of rotatable bonds is 3. The fourth-order valence-corrected chi connectivity index (χ4v) is 3.33. The van der Waals surface area contributed by atoms with Gasteiger partial charge in [0, 0.05) is 24.8 Å². The lowest BCUT2D eigenvalue weighted by Crippen LogP contribution is -2.34. The first-order valence-electron chi connectivity index (χ1n) is 7.15. The van der Waals surface area contributed by atoms with Gasteiger partial charge in [-0.25, -0.2) is 4.99 Å². The number of nitrogens with one attached hydrogen (secondary N) is 1. The van der Waals surface area contributed by atoms with Crippen LogP contribution in [0.5, 0.6) is 0 Å². The van der Waals surface area contributed by atoms with Crippen LogP contribution >= 0.6 is 11.3 Å². The van der Waals surface area contributed by atoms with Gasteiger partial charge in [-0.2, -0.15) is 0 Å². The van der Waals surface area contributed by atoms with Gasteiger partial charge in [0.15, 0.2) is 0 Å². The van der Waals surface area contributed by atoms with Gasteiger partial charge < -0.3 is 10.1 Å². The normalized spacial score (nSPS) is 21.6. The van der Waals surface area contributed by atoms with Crippen molar-refractivity contribution in [2.75, 3.05) is 13.7 Å². The molecular formula is C17H16N2O3S. The van der Waals surface area contributed by atoms with Crippen LogP contribution in [-0.4, -0.2) is 31.2 Å². The first-order chi connectivity index (χ1) is 11.1. The summed E-state index contributed by atoms with van der Waals surface area (Å²) in [5, 5.41) is 4.72. The molecule has 0 aromatic carbocycles. The van der Waals surface area contributed by atoms with E-state index >= 15 is 0 Å².